The fraction of sp³-hybridized carbons (Fsp3) is 0.800. The van der Waals surface area contributed by atoms with E-state index >= 15 is 0 Å². The molecule has 1 rings (SSSR count). The maximum Gasteiger partial charge on any atom is 0.0216 e. The van der Waals surface area contributed by atoms with Crippen molar-refractivity contribution in [3.05, 3.63) is 0 Å². The highest BCUT2D eigenvalue weighted by Crippen LogP contribution is 2.08. The molecule has 0 unspecified atom stereocenters. The number of rotatable bonds is 2. The molecule has 11 heavy (non-hydrogen) atoms. The van der Waals surface area contributed by atoms with Gasteiger partial charge < -0.3 is 4.90 Å². The van der Waals surface area contributed by atoms with Crippen LogP contribution in [-0.2, 0) is 0 Å². The first kappa shape index (κ1) is 8.62. The lowest BCUT2D eigenvalue weighted by molar-refractivity contribution is 0.234. The summed E-state index contributed by atoms with van der Waals surface area (Å²) in [5.41, 5.74) is 0. The lowest BCUT2D eigenvalue weighted by Gasteiger charge is -2.25. The standard InChI is InChI=1S/C10H17N/c1-2-3-5-8-11-9-6-4-7-10-11/h4-10H2,1H3. The first-order valence-corrected chi connectivity index (χ1v) is 4.55. The summed E-state index contributed by atoms with van der Waals surface area (Å²) in [6.45, 7) is 5.69. The predicted octanol–water partition coefficient (Wildman–Crippen LogP) is 1.89. The van der Waals surface area contributed by atoms with E-state index in [4.69, 9.17) is 0 Å². The number of piperidine rings is 1. The summed E-state index contributed by atoms with van der Waals surface area (Å²) in [4.78, 5) is 2.52. The van der Waals surface area contributed by atoms with E-state index in [-0.39, 0.29) is 0 Å². The molecule has 0 saturated carbocycles. The summed E-state index contributed by atoms with van der Waals surface area (Å²) in [5.74, 6) is 6.03. The van der Waals surface area contributed by atoms with Crippen LogP contribution in [0.3, 0.4) is 0 Å². The minimum absolute atomic E-state index is 1.05. The molecule has 1 heterocycles. The molecule has 0 aliphatic carbocycles. The Bertz CT molecular complexity index is 146. The van der Waals surface area contributed by atoms with E-state index in [9.17, 15) is 0 Å². The molecule has 0 radical (unpaired) electrons. The molecule has 1 heteroatoms. The summed E-state index contributed by atoms with van der Waals surface area (Å²) < 4.78 is 0. The third kappa shape index (κ3) is 3.43. The second-order valence-electron chi connectivity index (χ2n) is 3.08. The molecule has 0 spiro atoms. The summed E-state index contributed by atoms with van der Waals surface area (Å²) in [6, 6.07) is 0. The molecule has 1 saturated heterocycles. The first-order valence-electron chi connectivity index (χ1n) is 4.55. The van der Waals surface area contributed by atoms with Crippen LogP contribution in [0.4, 0.5) is 0 Å². The Labute approximate surface area is 69.8 Å². The molecule has 1 fully saturated rings. The largest absolute Gasteiger partial charge is 0.302 e. The van der Waals surface area contributed by atoms with Gasteiger partial charge in [0.1, 0.15) is 0 Å². The van der Waals surface area contributed by atoms with Crippen LogP contribution in [0.15, 0.2) is 0 Å². The lowest BCUT2D eigenvalue weighted by atomic mass is 10.1. The van der Waals surface area contributed by atoms with Crippen LogP contribution in [0.5, 0.6) is 0 Å². The summed E-state index contributed by atoms with van der Waals surface area (Å²) >= 11 is 0. The minimum Gasteiger partial charge on any atom is -0.302 e. The molecule has 1 nitrogen and oxygen atoms in total. The smallest absolute Gasteiger partial charge is 0.0216 e. The Morgan fingerprint density at radius 2 is 1.91 bits per heavy atom. The monoisotopic (exact) mass is 151 g/mol. The molecule has 0 amide bonds. The van der Waals surface area contributed by atoms with Gasteiger partial charge >= 0.3 is 0 Å². The van der Waals surface area contributed by atoms with Gasteiger partial charge in [-0.15, -0.1) is 11.8 Å². The van der Waals surface area contributed by atoms with Gasteiger partial charge in [-0.3, -0.25) is 0 Å². The van der Waals surface area contributed by atoms with Crippen LogP contribution in [0.2, 0.25) is 0 Å². The van der Waals surface area contributed by atoms with Gasteiger partial charge in [0.25, 0.3) is 0 Å². The molecule has 0 N–H and O–H groups in total. The molecule has 1 aliphatic heterocycles. The Hall–Kier alpha value is -0.480. The third-order valence-corrected chi connectivity index (χ3v) is 2.18. The van der Waals surface area contributed by atoms with Crippen molar-refractivity contribution in [3.63, 3.8) is 0 Å². The van der Waals surface area contributed by atoms with Gasteiger partial charge in [0.15, 0.2) is 0 Å². The quantitative estimate of drug-likeness (QED) is 0.545. The zero-order chi connectivity index (χ0) is 7.94. The Balaban J connectivity index is 2.08. The van der Waals surface area contributed by atoms with Gasteiger partial charge in [-0.25, -0.2) is 0 Å². The van der Waals surface area contributed by atoms with Crippen LogP contribution in [0.1, 0.15) is 32.6 Å². The van der Waals surface area contributed by atoms with Gasteiger partial charge in [0.05, 0.1) is 0 Å². The first-order chi connectivity index (χ1) is 5.43. The fourth-order valence-corrected chi connectivity index (χ4v) is 1.52. The zero-order valence-corrected chi connectivity index (χ0v) is 7.40. The Kier molecular flexibility index (Phi) is 4.08. The number of hydrogen-bond donors (Lipinski definition) is 0. The Morgan fingerprint density at radius 3 is 2.55 bits per heavy atom. The van der Waals surface area contributed by atoms with Crippen LogP contribution < -0.4 is 0 Å². The SMILES string of the molecule is CC#CCCN1CCCCC1. The van der Waals surface area contributed by atoms with E-state index in [0.717, 1.165) is 6.42 Å². The highest BCUT2D eigenvalue weighted by molar-refractivity contribution is 4.95. The second kappa shape index (κ2) is 5.21. The molecular formula is C10H17N. The van der Waals surface area contributed by atoms with Gasteiger partial charge in [-0.2, -0.15) is 0 Å². The van der Waals surface area contributed by atoms with Crippen molar-refractivity contribution in [2.75, 3.05) is 19.6 Å². The molecule has 0 atom stereocenters. The normalized spacial score (nSPS) is 19.0. The Morgan fingerprint density at radius 1 is 1.18 bits per heavy atom. The zero-order valence-electron chi connectivity index (χ0n) is 7.40. The molecular weight excluding hydrogens is 134 g/mol. The van der Waals surface area contributed by atoms with Crippen LogP contribution >= 0.6 is 0 Å². The average molecular weight is 151 g/mol. The van der Waals surface area contributed by atoms with Crippen molar-refractivity contribution in [3.8, 4) is 11.8 Å². The van der Waals surface area contributed by atoms with E-state index in [1.807, 2.05) is 6.92 Å². The van der Waals surface area contributed by atoms with Gasteiger partial charge in [0.2, 0.25) is 0 Å². The topological polar surface area (TPSA) is 3.24 Å². The molecule has 62 valence electrons. The van der Waals surface area contributed by atoms with Crippen molar-refractivity contribution >= 4 is 0 Å². The molecule has 0 aromatic carbocycles. The van der Waals surface area contributed by atoms with Crippen LogP contribution in [-0.4, -0.2) is 24.5 Å². The highest BCUT2D eigenvalue weighted by atomic mass is 15.1. The van der Waals surface area contributed by atoms with Crippen LogP contribution in [0.25, 0.3) is 0 Å². The van der Waals surface area contributed by atoms with E-state index in [1.165, 1.54) is 38.9 Å². The van der Waals surface area contributed by atoms with Crippen molar-refractivity contribution in [2.45, 2.75) is 32.6 Å². The van der Waals surface area contributed by atoms with Crippen LogP contribution in [0, 0.1) is 11.8 Å². The maximum atomic E-state index is 3.10. The van der Waals surface area contributed by atoms with Gasteiger partial charge in [-0.1, -0.05) is 6.42 Å². The number of likely N-dealkylation sites (tertiary alicyclic amines) is 1. The molecule has 1 aliphatic rings. The lowest BCUT2D eigenvalue weighted by Crippen LogP contribution is -2.30. The van der Waals surface area contributed by atoms with Gasteiger partial charge in [-0.05, 0) is 32.9 Å². The fourth-order valence-electron chi connectivity index (χ4n) is 1.52. The molecule has 0 bridgehead atoms. The summed E-state index contributed by atoms with van der Waals surface area (Å²) in [6.07, 6.45) is 5.26. The maximum absolute atomic E-state index is 3.10. The molecule has 0 aromatic rings. The second-order valence-corrected chi connectivity index (χ2v) is 3.08. The van der Waals surface area contributed by atoms with Crippen molar-refractivity contribution in [1.29, 1.82) is 0 Å². The van der Waals surface area contributed by atoms with E-state index in [0.29, 0.717) is 0 Å². The predicted molar refractivity (Wildman–Crippen MR) is 48.4 cm³/mol. The third-order valence-electron chi connectivity index (χ3n) is 2.18. The van der Waals surface area contributed by atoms with E-state index in [1.54, 1.807) is 0 Å². The number of nitrogens with zero attached hydrogens (tertiary/aromatic N) is 1. The van der Waals surface area contributed by atoms with E-state index in [2.05, 4.69) is 16.7 Å². The summed E-state index contributed by atoms with van der Waals surface area (Å²) in [7, 11) is 0. The highest BCUT2D eigenvalue weighted by Gasteiger charge is 2.07. The minimum atomic E-state index is 1.05. The van der Waals surface area contributed by atoms with Crippen molar-refractivity contribution in [1.82, 2.24) is 4.90 Å². The van der Waals surface area contributed by atoms with Crippen molar-refractivity contribution in [2.24, 2.45) is 0 Å². The van der Waals surface area contributed by atoms with Gasteiger partial charge in [0, 0.05) is 13.0 Å². The molecule has 0 aromatic heterocycles. The van der Waals surface area contributed by atoms with Crippen molar-refractivity contribution < 1.29 is 0 Å². The number of hydrogen-bond acceptors (Lipinski definition) is 1. The average Bonchev–Trinajstić information content (AvgIpc) is 2.07. The summed E-state index contributed by atoms with van der Waals surface area (Å²) in [5, 5.41) is 0. The van der Waals surface area contributed by atoms with E-state index < -0.39 is 0 Å².